The summed E-state index contributed by atoms with van der Waals surface area (Å²) in [4.78, 5) is 0. The van der Waals surface area contributed by atoms with Gasteiger partial charge in [-0.2, -0.15) is 0 Å². The summed E-state index contributed by atoms with van der Waals surface area (Å²) in [5.41, 5.74) is 0. The fourth-order valence-electron chi connectivity index (χ4n) is 0.611. The molecule has 74 valence electrons. The first-order chi connectivity index (χ1) is 5.81. The number of unbranched alkanes of at least 4 members (excludes halogenated alkanes) is 2. The van der Waals surface area contributed by atoms with E-state index in [1.165, 1.54) is 25.0 Å². The molecule has 0 saturated heterocycles. The molecule has 0 rings (SSSR count). The Morgan fingerprint density at radius 1 is 1.25 bits per heavy atom. The Hall–Kier alpha value is 1.09. The van der Waals surface area contributed by atoms with E-state index >= 15 is 0 Å². The molecule has 0 heterocycles. The average Bonchev–Trinajstić information content (AvgIpc) is 2.06. The summed E-state index contributed by atoms with van der Waals surface area (Å²) in [6, 6.07) is 0. The van der Waals surface area contributed by atoms with Crippen molar-refractivity contribution >= 4 is 30.2 Å². The van der Waals surface area contributed by atoms with Crippen LogP contribution in [-0.2, 0) is 4.52 Å². The van der Waals surface area contributed by atoms with Gasteiger partial charge in [-0.05, 0) is 12.8 Å². The molecule has 0 N–H and O–H groups in total. The zero-order chi connectivity index (χ0) is 9.23. The monoisotopic (exact) mass is 226 g/mol. The molecule has 0 bridgehead atoms. The molecule has 0 saturated carbocycles. The van der Waals surface area contributed by atoms with Crippen molar-refractivity contribution in [2.24, 2.45) is 0 Å². The van der Waals surface area contributed by atoms with Gasteiger partial charge in [-0.1, -0.05) is 38.1 Å². The molecule has 1 nitrogen and oxygen atoms in total. The van der Waals surface area contributed by atoms with E-state index in [0.29, 0.717) is 0 Å². The summed E-state index contributed by atoms with van der Waals surface area (Å²) in [6.45, 7) is 4.77. The third-order valence-corrected chi connectivity index (χ3v) is 5.41. The second kappa shape index (κ2) is 10.2. The first kappa shape index (κ1) is 13.1. The molecule has 0 aliphatic heterocycles. The van der Waals surface area contributed by atoms with Crippen LogP contribution in [0.15, 0.2) is 0 Å². The van der Waals surface area contributed by atoms with Crippen LogP contribution in [0.1, 0.15) is 39.5 Å². The van der Waals surface area contributed by atoms with Gasteiger partial charge in [0.1, 0.15) is 6.55 Å². The molecular formula is C8H19OPS2. The van der Waals surface area contributed by atoms with Crippen LogP contribution in [0.3, 0.4) is 0 Å². The lowest BCUT2D eigenvalue weighted by atomic mass is 10.4. The minimum Gasteiger partial charge on any atom is -0.339 e. The van der Waals surface area contributed by atoms with Gasteiger partial charge in [0.2, 0.25) is 0 Å². The zero-order valence-electron chi connectivity index (χ0n) is 7.95. The molecule has 0 aromatic carbocycles. The number of thiol groups is 1. The van der Waals surface area contributed by atoms with Crippen LogP contribution in [0, 0.1) is 0 Å². The third kappa shape index (κ3) is 9.18. The first-order valence-electron chi connectivity index (χ1n) is 4.56. The molecular weight excluding hydrogens is 207 g/mol. The van der Waals surface area contributed by atoms with Crippen LogP contribution in [0.5, 0.6) is 0 Å². The average molecular weight is 226 g/mol. The molecule has 4 heteroatoms. The van der Waals surface area contributed by atoms with Crippen molar-refractivity contribution in [2.45, 2.75) is 39.5 Å². The second-order valence-electron chi connectivity index (χ2n) is 2.61. The molecule has 0 aliphatic carbocycles. The van der Waals surface area contributed by atoms with Gasteiger partial charge in [0.05, 0.1) is 6.61 Å². The molecule has 0 aromatic rings. The Balaban J connectivity index is 3.04. The molecule has 0 fully saturated rings. The van der Waals surface area contributed by atoms with E-state index in [0.717, 1.165) is 13.0 Å². The van der Waals surface area contributed by atoms with Crippen molar-refractivity contribution in [2.75, 3.05) is 12.4 Å². The molecule has 0 amide bonds. The lowest BCUT2D eigenvalue weighted by Crippen LogP contribution is -1.84. The number of hydrogen-bond donors (Lipinski definition) is 1. The second-order valence-corrected chi connectivity index (χ2v) is 7.68. The highest BCUT2D eigenvalue weighted by molar-refractivity contribution is 8.82. The van der Waals surface area contributed by atoms with Gasteiger partial charge in [0, 0.05) is 5.75 Å². The molecule has 1 atom stereocenters. The highest BCUT2D eigenvalue weighted by atomic mass is 33.1. The summed E-state index contributed by atoms with van der Waals surface area (Å²) in [6.07, 6.45) is 4.91. The van der Waals surface area contributed by atoms with Gasteiger partial charge in [-0.15, -0.1) is 12.2 Å². The van der Waals surface area contributed by atoms with Crippen molar-refractivity contribution in [3.63, 3.8) is 0 Å². The van der Waals surface area contributed by atoms with E-state index in [2.05, 4.69) is 26.1 Å². The smallest absolute Gasteiger partial charge is 0.148 e. The fraction of sp³-hybridized carbons (Fsp3) is 1.00. The minimum absolute atomic E-state index is 0.493. The van der Waals surface area contributed by atoms with Crippen molar-refractivity contribution in [1.29, 1.82) is 0 Å². The van der Waals surface area contributed by atoms with Gasteiger partial charge in [-0.25, -0.2) is 0 Å². The normalized spacial score (nSPS) is 13.2. The van der Waals surface area contributed by atoms with E-state index in [4.69, 9.17) is 4.52 Å². The van der Waals surface area contributed by atoms with E-state index in [1.807, 2.05) is 11.4 Å². The molecule has 0 spiro atoms. The van der Waals surface area contributed by atoms with E-state index in [9.17, 15) is 0 Å². The van der Waals surface area contributed by atoms with Gasteiger partial charge in [0.15, 0.2) is 0 Å². The Kier molecular flexibility index (Phi) is 11.1. The van der Waals surface area contributed by atoms with Crippen LogP contribution in [-0.4, -0.2) is 12.4 Å². The third-order valence-electron chi connectivity index (χ3n) is 1.40. The van der Waals surface area contributed by atoms with Gasteiger partial charge in [-0.3, -0.25) is 0 Å². The minimum atomic E-state index is -0.493. The maximum atomic E-state index is 5.52. The van der Waals surface area contributed by atoms with E-state index < -0.39 is 6.55 Å². The fourth-order valence-corrected chi connectivity index (χ4v) is 3.83. The maximum absolute atomic E-state index is 5.52. The first-order valence-corrected chi connectivity index (χ1v) is 8.56. The Bertz CT molecular complexity index is 83.1. The number of hydrogen-bond acceptors (Lipinski definition) is 3. The topological polar surface area (TPSA) is 9.23 Å². The quantitative estimate of drug-likeness (QED) is 0.371. The van der Waals surface area contributed by atoms with E-state index in [1.54, 1.807) is 0 Å². The Morgan fingerprint density at radius 3 is 2.50 bits per heavy atom. The maximum Gasteiger partial charge on any atom is 0.148 e. The van der Waals surface area contributed by atoms with Gasteiger partial charge >= 0.3 is 0 Å². The van der Waals surface area contributed by atoms with E-state index in [-0.39, 0.29) is 0 Å². The zero-order valence-corrected chi connectivity index (χ0v) is 10.6. The highest BCUT2D eigenvalue weighted by Gasteiger charge is 2.02. The number of rotatable bonds is 8. The van der Waals surface area contributed by atoms with Crippen molar-refractivity contribution in [1.82, 2.24) is 0 Å². The van der Waals surface area contributed by atoms with Crippen molar-refractivity contribution in [3.8, 4) is 0 Å². The van der Waals surface area contributed by atoms with Crippen LogP contribution in [0.4, 0.5) is 0 Å². The lowest BCUT2D eigenvalue weighted by Gasteiger charge is -2.09. The molecule has 0 aliphatic rings. The highest BCUT2D eigenvalue weighted by Crippen LogP contribution is 2.55. The Morgan fingerprint density at radius 2 is 1.92 bits per heavy atom. The predicted octanol–water partition coefficient (Wildman–Crippen LogP) is 4.49. The van der Waals surface area contributed by atoms with Crippen LogP contribution in [0.2, 0.25) is 0 Å². The summed E-state index contributed by atoms with van der Waals surface area (Å²) in [5, 5.41) is 0. The molecule has 1 unspecified atom stereocenters. The largest absolute Gasteiger partial charge is 0.339 e. The molecule has 0 aromatic heterocycles. The van der Waals surface area contributed by atoms with Crippen molar-refractivity contribution < 1.29 is 4.52 Å². The Labute approximate surface area is 86.8 Å². The lowest BCUT2D eigenvalue weighted by molar-refractivity contribution is 0.356. The summed E-state index contributed by atoms with van der Waals surface area (Å²) < 4.78 is 5.52. The van der Waals surface area contributed by atoms with Crippen LogP contribution in [0.25, 0.3) is 0 Å². The van der Waals surface area contributed by atoms with Crippen LogP contribution >= 0.6 is 30.2 Å². The standard InChI is InChI=1S/C8H19OPS2/c1-3-5-7-9-10(11)12-8-6-4-2/h11H,3-8H2,1-2H3. The van der Waals surface area contributed by atoms with Crippen LogP contribution < -0.4 is 0 Å². The van der Waals surface area contributed by atoms with Gasteiger partial charge in [0.25, 0.3) is 0 Å². The van der Waals surface area contributed by atoms with Gasteiger partial charge < -0.3 is 4.52 Å². The van der Waals surface area contributed by atoms with Crippen molar-refractivity contribution in [3.05, 3.63) is 0 Å². The summed E-state index contributed by atoms with van der Waals surface area (Å²) >= 11 is 6.24. The molecule has 12 heavy (non-hydrogen) atoms. The summed E-state index contributed by atoms with van der Waals surface area (Å²) in [7, 11) is 0. The predicted molar refractivity (Wildman–Crippen MR) is 64.1 cm³/mol. The summed E-state index contributed by atoms with van der Waals surface area (Å²) in [5.74, 6) is 1.19. The SMILES string of the molecule is CCCCOP(S)SCCCC. The molecule has 0 radical (unpaired) electrons.